The highest BCUT2D eigenvalue weighted by molar-refractivity contribution is 6.36. The highest BCUT2D eigenvalue weighted by atomic mass is 35.5. The van der Waals surface area contributed by atoms with Gasteiger partial charge in [-0.3, -0.25) is 14.5 Å². The Morgan fingerprint density at radius 2 is 1.57 bits per heavy atom. The third kappa shape index (κ3) is 3.72. The minimum atomic E-state index is -0.456. The third-order valence-electron chi connectivity index (χ3n) is 4.99. The molecule has 4 rings (SSSR count). The molecule has 0 bridgehead atoms. The Balaban J connectivity index is 1.77. The number of carbonyl (C=O) groups excluding carboxylic acids is 2. The van der Waals surface area contributed by atoms with Gasteiger partial charge in [0.05, 0.1) is 12.1 Å². The number of aryl methyl sites for hydroxylation is 1. The number of benzene rings is 3. The van der Waals surface area contributed by atoms with E-state index in [1.807, 2.05) is 31.2 Å². The first kappa shape index (κ1) is 19.9. The average Bonchev–Trinajstić information content (AvgIpc) is 2.96. The van der Waals surface area contributed by atoms with Crippen molar-refractivity contribution in [1.29, 1.82) is 0 Å². The molecule has 0 atom stereocenters. The molecule has 150 valence electrons. The first-order chi connectivity index (χ1) is 14.5. The summed E-state index contributed by atoms with van der Waals surface area (Å²) in [5.74, 6) is -1.33. The minimum Gasteiger partial charge on any atom is -0.350 e. The largest absolute Gasteiger partial charge is 0.350 e. The number of amides is 2. The molecular formula is C24H18ClFN2O2. The number of carbonyl (C=O) groups is 2. The van der Waals surface area contributed by atoms with E-state index in [4.69, 9.17) is 11.6 Å². The second-order valence-corrected chi connectivity index (χ2v) is 7.39. The smallest absolute Gasteiger partial charge is 0.278 e. The van der Waals surface area contributed by atoms with Gasteiger partial charge in [-0.25, -0.2) is 4.39 Å². The number of para-hydroxylation sites is 1. The molecule has 0 unspecified atom stereocenters. The monoisotopic (exact) mass is 420 g/mol. The van der Waals surface area contributed by atoms with Crippen LogP contribution >= 0.6 is 11.6 Å². The van der Waals surface area contributed by atoms with Gasteiger partial charge in [0.2, 0.25) is 0 Å². The van der Waals surface area contributed by atoms with Crippen LogP contribution in [-0.4, -0.2) is 16.7 Å². The van der Waals surface area contributed by atoms with Gasteiger partial charge in [-0.1, -0.05) is 60.1 Å². The maximum Gasteiger partial charge on any atom is 0.278 e. The summed E-state index contributed by atoms with van der Waals surface area (Å²) in [6.07, 6.45) is 0. The van der Waals surface area contributed by atoms with Gasteiger partial charge in [0.25, 0.3) is 11.8 Å². The lowest BCUT2D eigenvalue weighted by molar-refractivity contribution is -0.137. The second-order valence-electron chi connectivity index (χ2n) is 6.98. The predicted molar refractivity (Wildman–Crippen MR) is 115 cm³/mol. The summed E-state index contributed by atoms with van der Waals surface area (Å²) in [7, 11) is 0. The van der Waals surface area contributed by atoms with E-state index in [0.29, 0.717) is 21.8 Å². The summed E-state index contributed by atoms with van der Waals surface area (Å²) in [6.45, 7) is 1.95. The molecule has 6 heteroatoms. The van der Waals surface area contributed by atoms with Crippen LogP contribution in [-0.2, 0) is 16.1 Å². The van der Waals surface area contributed by atoms with E-state index in [-0.39, 0.29) is 17.8 Å². The second kappa shape index (κ2) is 8.13. The van der Waals surface area contributed by atoms with E-state index in [0.717, 1.165) is 10.5 Å². The summed E-state index contributed by atoms with van der Waals surface area (Å²) >= 11 is 6.24. The van der Waals surface area contributed by atoms with Crippen molar-refractivity contribution in [2.45, 2.75) is 13.5 Å². The van der Waals surface area contributed by atoms with Crippen LogP contribution in [0, 0.1) is 12.7 Å². The standard InChI is InChI=1S/C24H18ClFN2O2/c1-15-6-2-5-9-20(15)27-22-21(16-10-12-18(26)13-11-16)23(29)28(24(22)30)14-17-7-3-4-8-19(17)25/h2-13,27H,14H2,1H3. The van der Waals surface area contributed by atoms with Gasteiger partial charge in [0.15, 0.2) is 0 Å². The summed E-state index contributed by atoms with van der Waals surface area (Å²) in [5, 5.41) is 3.60. The predicted octanol–water partition coefficient (Wildman–Crippen LogP) is 5.18. The summed E-state index contributed by atoms with van der Waals surface area (Å²) in [4.78, 5) is 27.7. The van der Waals surface area contributed by atoms with Crippen LogP contribution in [0.3, 0.4) is 0 Å². The molecule has 0 aromatic heterocycles. The highest BCUT2D eigenvalue weighted by Gasteiger charge is 2.39. The van der Waals surface area contributed by atoms with E-state index in [1.54, 1.807) is 24.3 Å². The van der Waals surface area contributed by atoms with Crippen molar-refractivity contribution in [2.24, 2.45) is 0 Å². The zero-order valence-corrected chi connectivity index (χ0v) is 16.9. The van der Waals surface area contributed by atoms with Crippen molar-refractivity contribution in [3.8, 4) is 0 Å². The topological polar surface area (TPSA) is 49.4 Å². The Bertz CT molecular complexity index is 1170. The maximum absolute atomic E-state index is 13.4. The lowest BCUT2D eigenvalue weighted by Gasteiger charge is -2.16. The third-order valence-corrected chi connectivity index (χ3v) is 5.36. The van der Waals surface area contributed by atoms with Crippen molar-refractivity contribution < 1.29 is 14.0 Å². The van der Waals surface area contributed by atoms with Crippen molar-refractivity contribution in [3.05, 3.63) is 106 Å². The summed E-state index contributed by atoms with van der Waals surface area (Å²) in [6, 6.07) is 20.1. The number of imide groups is 1. The van der Waals surface area contributed by atoms with Crippen LogP contribution in [0.15, 0.2) is 78.5 Å². The molecule has 3 aromatic rings. The van der Waals surface area contributed by atoms with Crippen molar-refractivity contribution in [1.82, 2.24) is 4.90 Å². The van der Waals surface area contributed by atoms with Gasteiger partial charge in [-0.05, 0) is 47.9 Å². The molecule has 1 N–H and O–H groups in total. The molecule has 0 spiro atoms. The number of anilines is 1. The van der Waals surface area contributed by atoms with Crippen molar-refractivity contribution in [3.63, 3.8) is 0 Å². The number of nitrogens with one attached hydrogen (secondary N) is 1. The summed E-state index contributed by atoms with van der Waals surface area (Å²) < 4.78 is 13.4. The Morgan fingerprint density at radius 1 is 0.900 bits per heavy atom. The van der Waals surface area contributed by atoms with Crippen LogP contribution in [0.25, 0.3) is 5.57 Å². The fourth-order valence-electron chi connectivity index (χ4n) is 3.36. The van der Waals surface area contributed by atoms with E-state index < -0.39 is 17.6 Å². The van der Waals surface area contributed by atoms with Crippen LogP contribution in [0.4, 0.5) is 10.1 Å². The molecule has 0 aliphatic carbocycles. The first-order valence-electron chi connectivity index (χ1n) is 9.38. The highest BCUT2D eigenvalue weighted by Crippen LogP contribution is 2.33. The number of hydrogen-bond acceptors (Lipinski definition) is 3. The number of hydrogen-bond donors (Lipinski definition) is 1. The Morgan fingerprint density at radius 3 is 2.27 bits per heavy atom. The minimum absolute atomic E-state index is 0.0426. The molecule has 2 amide bonds. The molecule has 1 heterocycles. The molecule has 1 aliphatic rings. The molecule has 4 nitrogen and oxygen atoms in total. The molecule has 0 saturated heterocycles. The summed E-state index contributed by atoms with van der Waals surface area (Å²) in [5.41, 5.74) is 3.13. The first-order valence-corrected chi connectivity index (χ1v) is 9.76. The maximum atomic E-state index is 13.4. The molecule has 30 heavy (non-hydrogen) atoms. The molecular weight excluding hydrogens is 403 g/mol. The average molecular weight is 421 g/mol. The normalized spacial score (nSPS) is 13.9. The molecule has 1 aliphatic heterocycles. The lowest BCUT2D eigenvalue weighted by Crippen LogP contribution is -2.32. The molecule has 0 fully saturated rings. The molecule has 0 radical (unpaired) electrons. The SMILES string of the molecule is Cc1ccccc1NC1=C(c2ccc(F)cc2)C(=O)N(Cc2ccccc2Cl)C1=O. The van der Waals surface area contributed by atoms with Crippen molar-refractivity contribution >= 4 is 34.7 Å². The quantitative estimate of drug-likeness (QED) is 0.578. The van der Waals surface area contributed by atoms with Gasteiger partial charge in [-0.2, -0.15) is 0 Å². The van der Waals surface area contributed by atoms with Gasteiger partial charge < -0.3 is 5.32 Å². The van der Waals surface area contributed by atoms with Gasteiger partial charge in [-0.15, -0.1) is 0 Å². The fraction of sp³-hybridized carbons (Fsp3) is 0.0833. The Hall–Kier alpha value is -3.44. The number of nitrogens with zero attached hydrogens (tertiary/aromatic N) is 1. The van der Waals surface area contributed by atoms with Crippen LogP contribution < -0.4 is 5.32 Å². The zero-order chi connectivity index (χ0) is 21.3. The lowest BCUT2D eigenvalue weighted by atomic mass is 10.0. The van der Waals surface area contributed by atoms with Gasteiger partial charge in [0.1, 0.15) is 11.5 Å². The zero-order valence-electron chi connectivity index (χ0n) is 16.2. The van der Waals surface area contributed by atoms with Crippen LogP contribution in [0.5, 0.6) is 0 Å². The van der Waals surface area contributed by atoms with E-state index in [1.165, 1.54) is 24.3 Å². The Kier molecular flexibility index (Phi) is 5.38. The van der Waals surface area contributed by atoms with E-state index in [9.17, 15) is 14.0 Å². The van der Waals surface area contributed by atoms with Crippen LogP contribution in [0.1, 0.15) is 16.7 Å². The van der Waals surface area contributed by atoms with Crippen molar-refractivity contribution in [2.75, 3.05) is 5.32 Å². The number of halogens is 2. The van der Waals surface area contributed by atoms with Gasteiger partial charge >= 0.3 is 0 Å². The fourth-order valence-corrected chi connectivity index (χ4v) is 3.56. The van der Waals surface area contributed by atoms with E-state index in [2.05, 4.69) is 5.32 Å². The Labute approximate surface area is 178 Å². The molecule has 3 aromatic carbocycles. The van der Waals surface area contributed by atoms with Gasteiger partial charge in [0, 0.05) is 10.7 Å². The number of rotatable bonds is 5. The van der Waals surface area contributed by atoms with E-state index >= 15 is 0 Å². The molecule has 0 saturated carbocycles. The van der Waals surface area contributed by atoms with Crippen LogP contribution in [0.2, 0.25) is 5.02 Å².